The number of nitrogens with zero attached hydrogens (tertiary/aromatic N) is 1. The molecule has 0 aliphatic carbocycles. The number of amides is 1. The van der Waals surface area contributed by atoms with Crippen LogP contribution in [-0.2, 0) is 20.9 Å². The van der Waals surface area contributed by atoms with Gasteiger partial charge in [-0.1, -0.05) is 17.7 Å². The van der Waals surface area contributed by atoms with Gasteiger partial charge < -0.3 is 14.6 Å². The number of aromatic nitrogens is 1. The van der Waals surface area contributed by atoms with Crippen molar-refractivity contribution in [3.63, 3.8) is 0 Å². The molecule has 0 bridgehead atoms. The zero-order valence-electron chi connectivity index (χ0n) is 10.4. The maximum absolute atomic E-state index is 11.7. The standard InChI is InChI=1S/C13H13ClN2O3/c1-19-13(18)7-15-12(17)8-16-6-5-9-10(14)3-2-4-11(9)16/h2-6H,7-8H2,1H3,(H,15,17). The molecular weight excluding hydrogens is 268 g/mol. The first-order valence-electron chi connectivity index (χ1n) is 5.68. The quantitative estimate of drug-likeness (QED) is 0.865. The molecule has 1 amide bonds. The van der Waals surface area contributed by atoms with Crippen molar-refractivity contribution in [2.45, 2.75) is 6.54 Å². The molecule has 0 saturated carbocycles. The normalized spacial score (nSPS) is 10.4. The maximum Gasteiger partial charge on any atom is 0.325 e. The summed E-state index contributed by atoms with van der Waals surface area (Å²) in [7, 11) is 1.27. The third-order valence-electron chi connectivity index (χ3n) is 2.73. The summed E-state index contributed by atoms with van der Waals surface area (Å²) in [5.41, 5.74) is 0.876. The molecule has 0 spiro atoms. The second-order valence-corrected chi connectivity index (χ2v) is 4.38. The highest BCUT2D eigenvalue weighted by Crippen LogP contribution is 2.23. The van der Waals surface area contributed by atoms with Gasteiger partial charge >= 0.3 is 5.97 Å². The minimum atomic E-state index is -0.478. The Morgan fingerprint density at radius 3 is 2.89 bits per heavy atom. The van der Waals surface area contributed by atoms with Gasteiger partial charge in [0.1, 0.15) is 13.1 Å². The van der Waals surface area contributed by atoms with E-state index in [0.29, 0.717) is 5.02 Å². The Morgan fingerprint density at radius 1 is 1.37 bits per heavy atom. The molecule has 0 unspecified atom stereocenters. The minimum Gasteiger partial charge on any atom is -0.468 e. The van der Waals surface area contributed by atoms with Crippen LogP contribution >= 0.6 is 11.6 Å². The smallest absolute Gasteiger partial charge is 0.325 e. The number of ether oxygens (including phenoxy) is 1. The number of fused-ring (bicyclic) bond motifs is 1. The van der Waals surface area contributed by atoms with E-state index in [1.807, 2.05) is 18.2 Å². The number of nitrogens with one attached hydrogen (secondary N) is 1. The summed E-state index contributed by atoms with van der Waals surface area (Å²) in [5, 5.41) is 4.02. The number of halogens is 1. The zero-order chi connectivity index (χ0) is 13.8. The first-order chi connectivity index (χ1) is 9.11. The fourth-order valence-corrected chi connectivity index (χ4v) is 2.01. The lowest BCUT2D eigenvalue weighted by Gasteiger charge is -2.06. The molecule has 0 atom stereocenters. The Labute approximate surface area is 115 Å². The van der Waals surface area contributed by atoms with E-state index >= 15 is 0 Å². The summed E-state index contributed by atoms with van der Waals surface area (Å²) in [6, 6.07) is 7.36. The van der Waals surface area contributed by atoms with Crippen molar-refractivity contribution in [2.24, 2.45) is 0 Å². The minimum absolute atomic E-state index is 0.126. The first-order valence-corrected chi connectivity index (χ1v) is 6.06. The number of carbonyl (C=O) groups excluding carboxylic acids is 2. The van der Waals surface area contributed by atoms with E-state index < -0.39 is 5.97 Å². The summed E-state index contributed by atoms with van der Waals surface area (Å²) >= 11 is 6.05. The Hall–Kier alpha value is -2.01. The summed E-state index contributed by atoms with van der Waals surface area (Å²) in [6.45, 7) is -0.00384. The predicted octanol–water partition coefficient (Wildman–Crippen LogP) is 1.58. The van der Waals surface area contributed by atoms with Crippen molar-refractivity contribution >= 4 is 34.4 Å². The maximum atomic E-state index is 11.7. The first kappa shape index (κ1) is 13.4. The van der Waals surface area contributed by atoms with Crippen molar-refractivity contribution in [3.05, 3.63) is 35.5 Å². The topological polar surface area (TPSA) is 60.3 Å². The van der Waals surface area contributed by atoms with Gasteiger partial charge in [-0.15, -0.1) is 0 Å². The second kappa shape index (κ2) is 5.75. The molecule has 2 rings (SSSR count). The average molecular weight is 281 g/mol. The molecule has 0 radical (unpaired) electrons. The molecule has 1 N–H and O–H groups in total. The second-order valence-electron chi connectivity index (χ2n) is 3.97. The molecule has 0 fully saturated rings. The summed E-state index contributed by atoms with van der Waals surface area (Å²) in [4.78, 5) is 22.6. The summed E-state index contributed by atoms with van der Waals surface area (Å²) in [6.07, 6.45) is 1.79. The fourth-order valence-electron chi connectivity index (χ4n) is 1.78. The van der Waals surface area contributed by atoms with Gasteiger partial charge in [-0.25, -0.2) is 0 Å². The molecule has 1 aromatic heterocycles. The molecule has 6 heteroatoms. The summed E-state index contributed by atoms with van der Waals surface area (Å²) < 4.78 is 6.22. The Morgan fingerprint density at radius 2 is 2.16 bits per heavy atom. The molecule has 2 aromatic rings. The van der Waals surface area contributed by atoms with Crippen molar-refractivity contribution in [1.29, 1.82) is 0 Å². The highest BCUT2D eigenvalue weighted by molar-refractivity contribution is 6.35. The van der Waals surface area contributed by atoms with Gasteiger partial charge in [0.25, 0.3) is 0 Å². The van der Waals surface area contributed by atoms with Gasteiger partial charge in [0, 0.05) is 22.1 Å². The van der Waals surface area contributed by atoms with Crippen LogP contribution in [0.4, 0.5) is 0 Å². The highest BCUT2D eigenvalue weighted by Gasteiger charge is 2.09. The predicted molar refractivity (Wildman–Crippen MR) is 72.0 cm³/mol. The number of esters is 1. The molecular formula is C13H13ClN2O3. The van der Waals surface area contributed by atoms with Gasteiger partial charge in [-0.05, 0) is 18.2 Å². The van der Waals surface area contributed by atoms with E-state index in [1.165, 1.54) is 7.11 Å². The highest BCUT2D eigenvalue weighted by atomic mass is 35.5. The lowest BCUT2D eigenvalue weighted by molar-refractivity contribution is -0.141. The molecule has 5 nitrogen and oxygen atoms in total. The molecule has 100 valence electrons. The SMILES string of the molecule is COC(=O)CNC(=O)Cn1ccc2c(Cl)cccc21. The Balaban J connectivity index is 2.07. The summed E-state index contributed by atoms with van der Waals surface area (Å²) in [5.74, 6) is -0.739. The van der Waals surface area contributed by atoms with E-state index in [-0.39, 0.29) is 19.0 Å². The van der Waals surface area contributed by atoms with Crippen LogP contribution in [0.2, 0.25) is 5.02 Å². The molecule has 0 aliphatic rings. The molecule has 1 heterocycles. The van der Waals surface area contributed by atoms with Crippen LogP contribution in [0.3, 0.4) is 0 Å². The van der Waals surface area contributed by atoms with E-state index in [0.717, 1.165) is 10.9 Å². The number of hydrogen-bond donors (Lipinski definition) is 1. The van der Waals surface area contributed by atoms with Crippen LogP contribution in [0.15, 0.2) is 30.5 Å². The Bertz CT molecular complexity index is 621. The van der Waals surface area contributed by atoms with Crippen LogP contribution in [-0.4, -0.2) is 30.1 Å². The van der Waals surface area contributed by atoms with Crippen molar-refractivity contribution in [1.82, 2.24) is 9.88 Å². The van der Waals surface area contributed by atoms with Gasteiger partial charge in [-0.3, -0.25) is 9.59 Å². The van der Waals surface area contributed by atoms with Crippen LogP contribution < -0.4 is 5.32 Å². The van der Waals surface area contributed by atoms with Crippen LogP contribution in [0.1, 0.15) is 0 Å². The fraction of sp³-hybridized carbons (Fsp3) is 0.231. The molecule has 0 saturated heterocycles. The monoisotopic (exact) mass is 280 g/mol. The van der Waals surface area contributed by atoms with E-state index in [1.54, 1.807) is 16.8 Å². The van der Waals surface area contributed by atoms with E-state index in [9.17, 15) is 9.59 Å². The number of rotatable bonds is 4. The average Bonchev–Trinajstić information content (AvgIpc) is 2.81. The Kier molecular flexibility index (Phi) is 4.06. The van der Waals surface area contributed by atoms with Crippen LogP contribution in [0.25, 0.3) is 10.9 Å². The lowest BCUT2D eigenvalue weighted by atomic mass is 10.2. The molecule has 1 aromatic carbocycles. The number of methoxy groups -OCH3 is 1. The van der Waals surface area contributed by atoms with Crippen LogP contribution in [0, 0.1) is 0 Å². The molecule has 19 heavy (non-hydrogen) atoms. The third-order valence-corrected chi connectivity index (χ3v) is 3.06. The van der Waals surface area contributed by atoms with Gasteiger partial charge in [-0.2, -0.15) is 0 Å². The van der Waals surface area contributed by atoms with Gasteiger partial charge in [0.05, 0.1) is 7.11 Å². The number of hydrogen-bond acceptors (Lipinski definition) is 3. The molecule has 0 aliphatic heterocycles. The van der Waals surface area contributed by atoms with Crippen LogP contribution in [0.5, 0.6) is 0 Å². The van der Waals surface area contributed by atoms with Crippen molar-refractivity contribution in [2.75, 3.05) is 13.7 Å². The van der Waals surface area contributed by atoms with E-state index in [4.69, 9.17) is 11.6 Å². The third kappa shape index (κ3) is 3.06. The number of benzene rings is 1. The largest absolute Gasteiger partial charge is 0.468 e. The number of carbonyl (C=O) groups is 2. The van der Waals surface area contributed by atoms with Gasteiger partial charge in [0.2, 0.25) is 5.91 Å². The van der Waals surface area contributed by atoms with Crippen molar-refractivity contribution in [3.8, 4) is 0 Å². The lowest BCUT2D eigenvalue weighted by Crippen LogP contribution is -2.32. The van der Waals surface area contributed by atoms with E-state index in [2.05, 4.69) is 10.1 Å². The van der Waals surface area contributed by atoms with Crippen molar-refractivity contribution < 1.29 is 14.3 Å². The zero-order valence-corrected chi connectivity index (χ0v) is 11.1. The van der Waals surface area contributed by atoms with Gasteiger partial charge in [0.15, 0.2) is 0 Å².